The maximum absolute atomic E-state index is 12.1. The minimum atomic E-state index is 0.0399. The Morgan fingerprint density at radius 2 is 1.68 bits per heavy atom. The quantitative estimate of drug-likeness (QED) is 0.782. The monoisotopic (exact) mass is 262 g/mol. The fraction of sp³-hybridized carbons (Fsp3) is 0.562. The summed E-state index contributed by atoms with van der Waals surface area (Å²) in [6.45, 7) is 8.91. The van der Waals surface area contributed by atoms with Gasteiger partial charge in [-0.15, -0.1) is 0 Å². The number of hydrogen-bond acceptors (Lipinski definition) is 1. The summed E-state index contributed by atoms with van der Waals surface area (Å²) in [7, 11) is 0. The predicted octanol–water partition coefficient (Wildman–Crippen LogP) is 3.45. The number of nitrogens with zero attached hydrogens (tertiary/aromatic N) is 1. The first-order valence-electron chi connectivity index (χ1n) is 7.12. The third kappa shape index (κ3) is 5.33. The van der Waals surface area contributed by atoms with E-state index in [0.29, 0.717) is 0 Å². The molecule has 1 N–H and O–H groups in total. The predicted molar refractivity (Wildman–Crippen MR) is 80.3 cm³/mol. The molecule has 0 aliphatic carbocycles. The minimum Gasteiger partial charge on any atom is -0.338 e. The molecule has 3 nitrogen and oxygen atoms in total. The highest BCUT2D eigenvalue weighted by molar-refractivity contribution is 5.74. The van der Waals surface area contributed by atoms with E-state index in [9.17, 15) is 4.79 Å². The maximum Gasteiger partial charge on any atom is 0.317 e. The summed E-state index contributed by atoms with van der Waals surface area (Å²) in [5.41, 5.74) is 1.32. The van der Waals surface area contributed by atoms with Crippen LogP contribution in [0.15, 0.2) is 30.3 Å². The fourth-order valence-corrected chi connectivity index (χ4v) is 2.29. The van der Waals surface area contributed by atoms with Gasteiger partial charge in [0.2, 0.25) is 0 Å². The number of benzene rings is 1. The molecule has 2 amide bonds. The van der Waals surface area contributed by atoms with Crippen LogP contribution in [0.25, 0.3) is 0 Å². The number of amides is 2. The summed E-state index contributed by atoms with van der Waals surface area (Å²) < 4.78 is 0. The lowest BCUT2D eigenvalue weighted by Crippen LogP contribution is -2.48. The first-order valence-corrected chi connectivity index (χ1v) is 7.12. The molecule has 0 radical (unpaired) electrons. The standard InChI is InChI=1S/C16H26N2O/c1-13(2)18(14(3)4)16(19)17-12-8-11-15-9-6-5-7-10-15/h5-7,9-10,13-14H,8,11-12H2,1-4H3,(H,17,19). The average Bonchev–Trinajstić information content (AvgIpc) is 2.35. The van der Waals surface area contributed by atoms with Gasteiger partial charge in [-0.05, 0) is 46.1 Å². The van der Waals surface area contributed by atoms with Gasteiger partial charge in [-0.3, -0.25) is 0 Å². The average molecular weight is 262 g/mol. The van der Waals surface area contributed by atoms with E-state index in [1.165, 1.54) is 5.56 Å². The molecule has 0 aliphatic rings. The highest BCUT2D eigenvalue weighted by atomic mass is 16.2. The van der Waals surface area contributed by atoms with Crippen molar-refractivity contribution in [3.8, 4) is 0 Å². The van der Waals surface area contributed by atoms with Crippen LogP contribution in [0.2, 0.25) is 0 Å². The summed E-state index contributed by atoms with van der Waals surface area (Å²) in [6, 6.07) is 10.9. The minimum absolute atomic E-state index is 0.0399. The fourth-order valence-electron chi connectivity index (χ4n) is 2.29. The SMILES string of the molecule is CC(C)N(C(=O)NCCCc1ccccc1)C(C)C. The van der Waals surface area contributed by atoms with E-state index in [-0.39, 0.29) is 18.1 Å². The molecule has 0 saturated carbocycles. The van der Waals surface area contributed by atoms with E-state index in [0.717, 1.165) is 19.4 Å². The molecule has 1 aromatic rings. The zero-order valence-electron chi connectivity index (χ0n) is 12.5. The summed E-state index contributed by atoms with van der Waals surface area (Å²) in [5, 5.41) is 3.00. The Balaban J connectivity index is 2.30. The van der Waals surface area contributed by atoms with Gasteiger partial charge in [0.25, 0.3) is 0 Å². The molecule has 0 heterocycles. The zero-order chi connectivity index (χ0) is 14.3. The molecule has 0 atom stereocenters. The van der Waals surface area contributed by atoms with Crippen LogP contribution < -0.4 is 5.32 Å². The van der Waals surface area contributed by atoms with Crippen molar-refractivity contribution in [2.24, 2.45) is 0 Å². The maximum atomic E-state index is 12.1. The van der Waals surface area contributed by atoms with E-state index in [2.05, 4.69) is 17.4 Å². The van der Waals surface area contributed by atoms with Crippen molar-refractivity contribution in [3.05, 3.63) is 35.9 Å². The molecule has 1 aromatic carbocycles. The smallest absolute Gasteiger partial charge is 0.317 e. The summed E-state index contributed by atoms with van der Waals surface area (Å²) in [6.07, 6.45) is 1.98. The van der Waals surface area contributed by atoms with Crippen LogP contribution in [0, 0.1) is 0 Å². The molecule has 0 aliphatic heterocycles. The largest absolute Gasteiger partial charge is 0.338 e. The van der Waals surface area contributed by atoms with Crippen molar-refractivity contribution in [2.75, 3.05) is 6.54 Å². The molecule has 106 valence electrons. The first-order chi connectivity index (χ1) is 9.02. The van der Waals surface area contributed by atoms with Crippen LogP contribution >= 0.6 is 0 Å². The van der Waals surface area contributed by atoms with Gasteiger partial charge < -0.3 is 10.2 Å². The highest BCUT2D eigenvalue weighted by Gasteiger charge is 2.18. The number of carbonyl (C=O) groups is 1. The Morgan fingerprint density at radius 3 is 2.21 bits per heavy atom. The van der Waals surface area contributed by atoms with Gasteiger partial charge in [0.15, 0.2) is 0 Å². The number of aryl methyl sites for hydroxylation is 1. The second-order valence-corrected chi connectivity index (χ2v) is 5.42. The highest BCUT2D eigenvalue weighted by Crippen LogP contribution is 2.05. The number of rotatable bonds is 6. The lowest BCUT2D eigenvalue weighted by atomic mass is 10.1. The number of hydrogen-bond donors (Lipinski definition) is 1. The number of urea groups is 1. The summed E-state index contributed by atoms with van der Waals surface area (Å²) in [5.74, 6) is 0. The zero-order valence-corrected chi connectivity index (χ0v) is 12.5. The van der Waals surface area contributed by atoms with Gasteiger partial charge in [-0.1, -0.05) is 30.3 Å². The molecule has 0 spiro atoms. The van der Waals surface area contributed by atoms with E-state index < -0.39 is 0 Å². The summed E-state index contributed by atoms with van der Waals surface area (Å²) in [4.78, 5) is 13.9. The van der Waals surface area contributed by atoms with Crippen LogP contribution in [-0.2, 0) is 6.42 Å². The Morgan fingerprint density at radius 1 is 1.11 bits per heavy atom. The normalized spacial score (nSPS) is 10.8. The molecular formula is C16H26N2O. The van der Waals surface area contributed by atoms with Crippen LogP contribution in [0.3, 0.4) is 0 Å². The Bertz CT molecular complexity index is 366. The van der Waals surface area contributed by atoms with Crippen LogP contribution in [0.1, 0.15) is 39.7 Å². The van der Waals surface area contributed by atoms with Crippen LogP contribution in [0.5, 0.6) is 0 Å². The van der Waals surface area contributed by atoms with Gasteiger partial charge in [0.1, 0.15) is 0 Å². The summed E-state index contributed by atoms with van der Waals surface area (Å²) >= 11 is 0. The Hall–Kier alpha value is -1.51. The third-order valence-electron chi connectivity index (χ3n) is 3.11. The van der Waals surface area contributed by atoms with Gasteiger partial charge in [0.05, 0.1) is 0 Å². The molecule has 3 heteroatoms. The van der Waals surface area contributed by atoms with Gasteiger partial charge in [0, 0.05) is 18.6 Å². The van der Waals surface area contributed by atoms with Gasteiger partial charge in [-0.25, -0.2) is 4.79 Å². The van der Waals surface area contributed by atoms with E-state index in [4.69, 9.17) is 0 Å². The van der Waals surface area contributed by atoms with Crippen molar-refractivity contribution in [1.82, 2.24) is 10.2 Å². The number of nitrogens with one attached hydrogen (secondary N) is 1. The van der Waals surface area contributed by atoms with Crippen molar-refractivity contribution < 1.29 is 4.79 Å². The Kier molecular flexibility index (Phi) is 6.40. The van der Waals surface area contributed by atoms with Crippen molar-refractivity contribution >= 4 is 6.03 Å². The van der Waals surface area contributed by atoms with Crippen LogP contribution in [0.4, 0.5) is 4.79 Å². The van der Waals surface area contributed by atoms with Crippen LogP contribution in [-0.4, -0.2) is 29.6 Å². The topological polar surface area (TPSA) is 32.3 Å². The third-order valence-corrected chi connectivity index (χ3v) is 3.11. The molecule has 0 bridgehead atoms. The van der Waals surface area contributed by atoms with E-state index >= 15 is 0 Å². The van der Waals surface area contributed by atoms with Crippen molar-refractivity contribution in [3.63, 3.8) is 0 Å². The molecule has 0 unspecified atom stereocenters. The Labute approximate surface area is 117 Å². The second kappa shape index (κ2) is 7.82. The number of carbonyl (C=O) groups excluding carboxylic acids is 1. The van der Waals surface area contributed by atoms with Gasteiger partial charge in [-0.2, -0.15) is 0 Å². The first kappa shape index (κ1) is 15.5. The van der Waals surface area contributed by atoms with Gasteiger partial charge >= 0.3 is 6.03 Å². The molecule has 1 rings (SSSR count). The molecule has 0 fully saturated rings. The molecule has 19 heavy (non-hydrogen) atoms. The lowest BCUT2D eigenvalue weighted by Gasteiger charge is -2.30. The van der Waals surface area contributed by atoms with Crippen molar-refractivity contribution in [1.29, 1.82) is 0 Å². The molecule has 0 saturated heterocycles. The lowest BCUT2D eigenvalue weighted by molar-refractivity contribution is 0.165. The van der Waals surface area contributed by atoms with E-state index in [1.807, 2.05) is 50.8 Å². The molecule has 0 aromatic heterocycles. The molecular weight excluding hydrogens is 236 g/mol. The second-order valence-electron chi connectivity index (χ2n) is 5.42. The van der Waals surface area contributed by atoms with Crippen molar-refractivity contribution in [2.45, 2.75) is 52.6 Å². The van der Waals surface area contributed by atoms with E-state index in [1.54, 1.807) is 0 Å².